The fraction of sp³-hybridized carbons (Fsp3) is 0.0476. The number of amides is 2. The average molecular weight is 375 g/mol. The van der Waals surface area contributed by atoms with Crippen molar-refractivity contribution in [1.29, 1.82) is 0 Å². The lowest BCUT2D eigenvalue weighted by atomic mass is 10.2. The zero-order valence-corrected chi connectivity index (χ0v) is 15.2. The van der Waals surface area contributed by atoms with Gasteiger partial charge in [-0.15, -0.1) is 11.3 Å². The van der Waals surface area contributed by atoms with Gasteiger partial charge < -0.3 is 15.6 Å². The number of hydrogen-bond donors (Lipinski definition) is 2. The normalized spacial score (nSPS) is 10.8. The Morgan fingerprint density at radius 1 is 1.00 bits per heavy atom. The highest BCUT2D eigenvalue weighted by Gasteiger charge is 2.17. The number of primary amides is 1. The number of carbonyl (C=O) groups excluding carboxylic acids is 2. The molecule has 0 unspecified atom stereocenters. The van der Waals surface area contributed by atoms with E-state index >= 15 is 0 Å². The number of aromatic nitrogens is 1. The van der Waals surface area contributed by atoms with Crippen LogP contribution in [0.1, 0.15) is 26.4 Å². The number of carbonyl (C=O) groups is 2. The molecule has 5 nitrogen and oxygen atoms in total. The molecule has 3 N–H and O–H groups in total. The molecule has 0 radical (unpaired) electrons. The summed E-state index contributed by atoms with van der Waals surface area (Å²) in [6.45, 7) is 0.602. The van der Waals surface area contributed by atoms with Crippen molar-refractivity contribution in [1.82, 2.24) is 4.57 Å². The second-order valence-electron chi connectivity index (χ2n) is 6.17. The summed E-state index contributed by atoms with van der Waals surface area (Å²) in [7, 11) is 0. The molecule has 2 heterocycles. The van der Waals surface area contributed by atoms with Gasteiger partial charge in [0.25, 0.3) is 5.91 Å². The lowest BCUT2D eigenvalue weighted by Crippen LogP contribution is -2.18. The molecule has 6 heteroatoms. The van der Waals surface area contributed by atoms with Crippen molar-refractivity contribution < 1.29 is 9.59 Å². The van der Waals surface area contributed by atoms with Crippen LogP contribution in [0.4, 0.5) is 5.69 Å². The molecule has 0 spiro atoms. The Morgan fingerprint density at radius 3 is 2.59 bits per heavy atom. The van der Waals surface area contributed by atoms with Crippen LogP contribution in [0.2, 0.25) is 0 Å². The number of thiophene rings is 1. The summed E-state index contributed by atoms with van der Waals surface area (Å²) in [5, 5.41) is 4.89. The minimum Gasteiger partial charge on any atom is -0.366 e. The van der Waals surface area contributed by atoms with Gasteiger partial charge in [0.15, 0.2) is 0 Å². The van der Waals surface area contributed by atoms with Crippen LogP contribution in [0.3, 0.4) is 0 Å². The zero-order valence-electron chi connectivity index (χ0n) is 14.4. The second-order valence-corrected chi connectivity index (χ2v) is 7.12. The van der Waals surface area contributed by atoms with E-state index in [0.717, 1.165) is 15.8 Å². The Morgan fingerprint density at radius 2 is 1.81 bits per heavy atom. The Labute approximate surface area is 160 Å². The van der Waals surface area contributed by atoms with Crippen LogP contribution in [0.5, 0.6) is 0 Å². The topological polar surface area (TPSA) is 77.1 Å². The molecule has 0 saturated heterocycles. The van der Waals surface area contributed by atoms with Crippen molar-refractivity contribution in [3.63, 3.8) is 0 Å². The van der Waals surface area contributed by atoms with Gasteiger partial charge in [0.1, 0.15) is 5.69 Å². The van der Waals surface area contributed by atoms with Gasteiger partial charge in [-0.3, -0.25) is 9.59 Å². The first-order chi connectivity index (χ1) is 13.1. The number of benzene rings is 2. The van der Waals surface area contributed by atoms with Crippen molar-refractivity contribution in [2.45, 2.75) is 6.54 Å². The number of fused-ring (bicyclic) bond motifs is 1. The largest absolute Gasteiger partial charge is 0.366 e. The predicted molar refractivity (Wildman–Crippen MR) is 108 cm³/mol. The highest BCUT2D eigenvalue weighted by molar-refractivity contribution is 7.17. The van der Waals surface area contributed by atoms with Crippen LogP contribution in [-0.4, -0.2) is 16.4 Å². The molecule has 0 fully saturated rings. The van der Waals surface area contributed by atoms with Gasteiger partial charge in [0.05, 0.1) is 10.2 Å². The second kappa shape index (κ2) is 7.09. The van der Waals surface area contributed by atoms with E-state index in [1.807, 2.05) is 52.4 Å². The monoisotopic (exact) mass is 375 g/mol. The average Bonchev–Trinajstić information content (AvgIpc) is 3.25. The van der Waals surface area contributed by atoms with Crippen LogP contribution in [0.25, 0.3) is 10.2 Å². The number of anilines is 1. The van der Waals surface area contributed by atoms with E-state index in [1.165, 1.54) is 0 Å². The molecule has 0 aliphatic heterocycles. The first-order valence-electron chi connectivity index (χ1n) is 8.44. The SMILES string of the molecule is NC(=O)c1cccc(NC(=O)c2cc3sccc3n2Cc2ccccc2)c1. The third-order valence-electron chi connectivity index (χ3n) is 4.34. The molecule has 0 bridgehead atoms. The molecular weight excluding hydrogens is 358 g/mol. The van der Waals surface area contributed by atoms with E-state index in [0.29, 0.717) is 23.5 Å². The summed E-state index contributed by atoms with van der Waals surface area (Å²) >= 11 is 1.60. The fourth-order valence-corrected chi connectivity index (χ4v) is 3.87. The van der Waals surface area contributed by atoms with E-state index in [-0.39, 0.29) is 5.91 Å². The molecule has 0 aliphatic carbocycles. The van der Waals surface area contributed by atoms with Crippen LogP contribution < -0.4 is 11.1 Å². The molecule has 4 aromatic rings. The van der Waals surface area contributed by atoms with E-state index in [9.17, 15) is 9.59 Å². The quantitative estimate of drug-likeness (QED) is 0.551. The maximum atomic E-state index is 12.9. The summed E-state index contributed by atoms with van der Waals surface area (Å²) in [5.74, 6) is -0.755. The van der Waals surface area contributed by atoms with Crippen molar-refractivity contribution in [2.24, 2.45) is 5.73 Å². The molecule has 4 rings (SSSR count). The summed E-state index contributed by atoms with van der Waals surface area (Å²) in [5.41, 5.74) is 8.93. The first-order valence-corrected chi connectivity index (χ1v) is 9.31. The van der Waals surface area contributed by atoms with Gasteiger partial charge in [-0.1, -0.05) is 36.4 Å². The van der Waals surface area contributed by atoms with Crippen molar-refractivity contribution in [3.05, 3.63) is 88.9 Å². The van der Waals surface area contributed by atoms with E-state index in [4.69, 9.17) is 5.73 Å². The maximum absolute atomic E-state index is 12.9. The number of nitrogens with zero attached hydrogens (tertiary/aromatic N) is 1. The summed E-state index contributed by atoms with van der Waals surface area (Å²) in [6, 6.07) is 20.6. The Hall–Kier alpha value is -3.38. The molecular formula is C21H17N3O2S. The third-order valence-corrected chi connectivity index (χ3v) is 5.20. The summed E-state index contributed by atoms with van der Waals surface area (Å²) < 4.78 is 3.07. The Kier molecular flexibility index (Phi) is 4.48. The number of rotatable bonds is 5. The van der Waals surface area contributed by atoms with Crippen molar-refractivity contribution in [3.8, 4) is 0 Å². The van der Waals surface area contributed by atoms with Gasteiger partial charge in [-0.25, -0.2) is 0 Å². The van der Waals surface area contributed by atoms with Crippen LogP contribution >= 0.6 is 11.3 Å². The molecule has 0 atom stereocenters. The molecule has 0 aliphatic rings. The summed E-state index contributed by atoms with van der Waals surface area (Å²) in [6.07, 6.45) is 0. The van der Waals surface area contributed by atoms with Gasteiger partial charge >= 0.3 is 0 Å². The van der Waals surface area contributed by atoms with Crippen molar-refractivity contribution >= 4 is 39.1 Å². The predicted octanol–water partition coefficient (Wildman–Crippen LogP) is 4.10. The lowest BCUT2D eigenvalue weighted by molar-refractivity contribution is 0.0995. The molecule has 0 saturated carbocycles. The lowest BCUT2D eigenvalue weighted by Gasteiger charge is -2.11. The third kappa shape index (κ3) is 3.47. The Balaban J connectivity index is 1.67. The van der Waals surface area contributed by atoms with Crippen LogP contribution in [-0.2, 0) is 6.54 Å². The Bertz CT molecular complexity index is 1130. The van der Waals surface area contributed by atoms with E-state index < -0.39 is 5.91 Å². The van der Waals surface area contributed by atoms with Gasteiger partial charge in [-0.05, 0) is 41.3 Å². The highest BCUT2D eigenvalue weighted by atomic mass is 32.1. The van der Waals surface area contributed by atoms with Gasteiger partial charge in [0.2, 0.25) is 5.91 Å². The highest BCUT2D eigenvalue weighted by Crippen LogP contribution is 2.27. The molecule has 2 amide bonds. The van der Waals surface area contributed by atoms with E-state index in [2.05, 4.69) is 5.32 Å². The number of nitrogens with two attached hydrogens (primary N) is 1. The van der Waals surface area contributed by atoms with Crippen molar-refractivity contribution in [2.75, 3.05) is 5.32 Å². The molecule has 2 aromatic carbocycles. The smallest absolute Gasteiger partial charge is 0.272 e. The standard InChI is InChI=1S/C21H17N3O2S/c22-20(25)15-7-4-8-16(11-15)23-21(26)18-12-19-17(9-10-27-19)24(18)13-14-5-2-1-3-6-14/h1-12H,13H2,(H2,22,25)(H,23,26). The summed E-state index contributed by atoms with van der Waals surface area (Å²) in [4.78, 5) is 24.3. The maximum Gasteiger partial charge on any atom is 0.272 e. The van der Waals surface area contributed by atoms with Gasteiger partial charge in [-0.2, -0.15) is 0 Å². The minimum absolute atomic E-state index is 0.226. The number of nitrogens with one attached hydrogen (secondary N) is 1. The first kappa shape index (κ1) is 17.1. The van der Waals surface area contributed by atoms with E-state index in [1.54, 1.807) is 35.6 Å². The molecule has 2 aromatic heterocycles. The zero-order chi connectivity index (χ0) is 18.8. The minimum atomic E-state index is -0.529. The fourth-order valence-electron chi connectivity index (χ4n) is 3.05. The number of hydrogen-bond acceptors (Lipinski definition) is 3. The van der Waals surface area contributed by atoms with Crippen LogP contribution in [0, 0.1) is 0 Å². The molecule has 134 valence electrons. The van der Waals surface area contributed by atoms with Crippen LogP contribution in [0.15, 0.2) is 72.1 Å². The van der Waals surface area contributed by atoms with Gasteiger partial charge in [0, 0.05) is 17.8 Å². The molecule has 27 heavy (non-hydrogen) atoms.